The highest BCUT2D eigenvalue weighted by Crippen LogP contribution is 2.11. The fraction of sp³-hybridized carbons (Fsp3) is 0.263. The van der Waals surface area contributed by atoms with Crippen molar-refractivity contribution in [3.05, 3.63) is 60.2 Å². The second kappa shape index (κ2) is 10.4. The van der Waals surface area contributed by atoms with Gasteiger partial charge in [-0.25, -0.2) is 0 Å². The van der Waals surface area contributed by atoms with E-state index in [-0.39, 0.29) is 36.7 Å². The van der Waals surface area contributed by atoms with Gasteiger partial charge in [0.2, 0.25) is 11.8 Å². The molecule has 3 N–H and O–H groups in total. The van der Waals surface area contributed by atoms with Gasteiger partial charge in [0.05, 0.1) is 6.54 Å². The van der Waals surface area contributed by atoms with Crippen LogP contribution in [0.15, 0.2) is 54.6 Å². The number of hydrogen-bond acceptors (Lipinski definition) is 3. The van der Waals surface area contributed by atoms with Crippen molar-refractivity contribution in [2.24, 2.45) is 5.92 Å². The Balaban J connectivity index is 0.00000312. The number of amides is 2. The first-order chi connectivity index (χ1) is 11.5. The number of benzene rings is 2. The van der Waals surface area contributed by atoms with Gasteiger partial charge in [-0.3, -0.25) is 9.59 Å². The van der Waals surface area contributed by atoms with Gasteiger partial charge in [-0.2, -0.15) is 0 Å². The molecule has 0 fully saturated rings. The van der Waals surface area contributed by atoms with Crippen LogP contribution in [0.2, 0.25) is 0 Å². The van der Waals surface area contributed by atoms with Gasteiger partial charge < -0.3 is 16.0 Å². The van der Waals surface area contributed by atoms with E-state index in [1.54, 1.807) is 0 Å². The largest absolute Gasteiger partial charge is 0.376 e. The summed E-state index contributed by atoms with van der Waals surface area (Å²) in [5.74, 6) is -0.139. The average Bonchev–Trinajstić information content (AvgIpc) is 2.60. The van der Waals surface area contributed by atoms with Crippen LogP contribution < -0.4 is 16.0 Å². The van der Waals surface area contributed by atoms with E-state index in [0.717, 1.165) is 16.9 Å². The monoisotopic (exact) mass is 361 g/mol. The van der Waals surface area contributed by atoms with Crippen LogP contribution in [0.4, 0.5) is 11.4 Å². The van der Waals surface area contributed by atoms with Crippen molar-refractivity contribution < 1.29 is 9.59 Å². The van der Waals surface area contributed by atoms with Crippen molar-refractivity contribution >= 4 is 35.6 Å². The number of halogens is 1. The lowest BCUT2D eigenvalue weighted by molar-refractivity contribution is -0.120. The van der Waals surface area contributed by atoms with Crippen LogP contribution in [0.3, 0.4) is 0 Å². The highest BCUT2D eigenvalue weighted by Gasteiger charge is 2.07. The van der Waals surface area contributed by atoms with Gasteiger partial charge in [0, 0.05) is 23.8 Å². The predicted molar refractivity (Wildman–Crippen MR) is 104 cm³/mol. The molecule has 2 amide bonds. The summed E-state index contributed by atoms with van der Waals surface area (Å²) >= 11 is 0. The van der Waals surface area contributed by atoms with Crippen LogP contribution in [0.5, 0.6) is 0 Å². The highest BCUT2D eigenvalue weighted by molar-refractivity contribution is 5.92. The average molecular weight is 362 g/mol. The molecule has 0 atom stereocenters. The predicted octanol–water partition coefficient (Wildman–Crippen LogP) is 3.43. The quantitative estimate of drug-likeness (QED) is 0.707. The van der Waals surface area contributed by atoms with E-state index in [4.69, 9.17) is 0 Å². The third kappa shape index (κ3) is 7.27. The first-order valence-corrected chi connectivity index (χ1v) is 8.00. The Hall–Kier alpha value is -2.53. The lowest BCUT2D eigenvalue weighted by atomic mass is 10.1. The second-order valence-electron chi connectivity index (χ2n) is 5.84. The van der Waals surface area contributed by atoms with E-state index >= 15 is 0 Å². The molecule has 0 bridgehead atoms. The molecule has 2 aromatic rings. The van der Waals surface area contributed by atoms with Gasteiger partial charge in [0.15, 0.2) is 0 Å². The first-order valence-electron chi connectivity index (χ1n) is 8.00. The van der Waals surface area contributed by atoms with Crippen LogP contribution in [0, 0.1) is 5.92 Å². The summed E-state index contributed by atoms with van der Waals surface area (Å²) < 4.78 is 0. The lowest BCUT2D eigenvalue weighted by Crippen LogP contribution is -2.29. The molecule has 2 rings (SSSR count). The molecular formula is C19H24ClN3O2. The maximum Gasteiger partial charge on any atom is 0.239 e. The van der Waals surface area contributed by atoms with Gasteiger partial charge in [0.25, 0.3) is 0 Å². The van der Waals surface area contributed by atoms with Crippen LogP contribution in [0.25, 0.3) is 0 Å². The van der Waals surface area contributed by atoms with Crippen molar-refractivity contribution in [2.75, 3.05) is 17.2 Å². The first kappa shape index (κ1) is 20.5. The number of carbonyl (C=O) groups excluding carboxylic acids is 2. The third-order valence-corrected chi connectivity index (χ3v) is 3.46. The SMILES string of the molecule is CC(C)C(=O)Nc1ccc(CNC(=O)CNc2ccccc2)cc1.Cl. The molecule has 0 heterocycles. The summed E-state index contributed by atoms with van der Waals surface area (Å²) in [6.45, 7) is 4.38. The Morgan fingerprint density at radius 1 is 0.920 bits per heavy atom. The summed E-state index contributed by atoms with van der Waals surface area (Å²) in [6.07, 6.45) is 0. The van der Waals surface area contributed by atoms with E-state index in [2.05, 4.69) is 16.0 Å². The van der Waals surface area contributed by atoms with E-state index in [1.165, 1.54) is 0 Å². The van der Waals surface area contributed by atoms with E-state index in [1.807, 2.05) is 68.4 Å². The van der Waals surface area contributed by atoms with E-state index < -0.39 is 0 Å². The molecule has 134 valence electrons. The zero-order valence-corrected chi connectivity index (χ0v) is 15.2. The standard InChI is InChI=1S/C19H23N3O2.ClH/c1-14(2)19(24)22-17-10-8-15(9-11-17)12-21-18(23)13-20-16-6-4-3-5-7-16;/h3-11,14,20H,12-13H2,1-2H3,(H,21,23)(H,22,24);1H. The van der Waals surface area contributed by atoms with Gasteiger partial charge in [-0.05, 0) is 29.8 Å². The highest BCUT2D eigenvalue weighted by atomic mass is 35.5. The molecule has 0 aliphatic heterocycles. The molecule has 5 nitrogen and oxygen atoms in total. The second-order valence-corrected chi connectivity index (χ2v) is 5.84. The number of anilines is 2. The Morgan fingerprint density at radius 2 is 1.56 bits per heavy atom. The van der Waals surface area contributed by atoms with Gasteiger partial charge in [-0.1, -0.05) is 44.2 Å². The Labute approximate surface area is 154 Å². The molecule has 0 aromatic heterocycles. The summed E-state index contributed by atoms with van der Waals surface area (Å²) in [5, 5.41) is 8.76. The topological polar surface area (TPSA) is 70.2 Å². The molecule has 0 unspecified atom stereocenters. The smallest absolute Gasteiger partial charge is 0.239 e. The molecule has 0 aliphatic carbocycles. The zero-order chi connectivity index (χ0) is 17.4. The van der Waals surface area contributed by atoms with Gasteiger partial charge in [-0.15, -0.1) is 12.4 Å². The summed E-state index contributed by atoms with van der Waals surface area (Å²) in [7, 11) is 0. The third-order valence-electron chi connectivity index (χ3n) is 3.46. The maximum absolute atomic E-state index is 11.8. The minimum atomic E-state index is -0.0731. The number of para-hydroxylation sites is 1. The zero-order valence-electron chi connectivity index (χ0n) is 14.4. The molecule has 0 radical (unpaired) electrons. The van der Waals surface area contributed by atoms with Crippen molar-refractivity contribution in [1.82, 2.24) is 5.32 Å². The minimum absolute atomic E-state index is 0. The minimum Gasteiger partial charge on any atom is -0.376 e. The van der Waals surface area contributed by atoms with Gasteiger partial charge >= 0.3 is 0 Å². The van der Waals surface area contributed by atoms with Crippen molar-refractivity contribution in [2.45, 2.75) is 20.4 Å². The number of carbonyl (C=O) groups is 2. The molecule has 25 heavy (non-hydrogen) atoms. The maximum atomic E-state index is 11.8. The van der Waals surface area contributed by atoms with Gasteiger partial charge in [0.1, 0.15) is 0 Å². The lowest BCUT2D eigenvalue weighted by Gasteiger charge is -2.10. The number of nitrogens with one attached hydrogen (secondary N) is 3. The summed E-state index contributed by atoms with van der Waals surface area (Å²) in [4.78, 5) is 23.5. The molecular weight excluding hydrogens is 338 g/mol. The Morgan fingerprint density at radius 3 is 2.16 bits per heavy atom. The van der Waals surface area contributed by atoms with Crippen molar-refractivity contribution in [3.63, 3.8) is 0 Å². The molecule has 0 aliphatic rings. The number of rotatable bonds is 7. The molecule has 0 spiro atoms. The van der Waals surface area contributed by atoms with Crippen molar-refractivity contribution in [1.29, 1.82) is 0 Å². The Bertz CT molecular complexity index is 673. The Kier molecular flexibility index (Phi) is 8.50. The van der Waals surface area contributed by atoms with Crippen LogP contribution in [-0.4, -0.2) is 18.4 Å². The fourth-order valence-corrected chi connectivity index (χ4v) is 1.99. The molecule has 0 saturated heterocycles. The fourth-order valence-electron chi connectivity index (χ4n) is 1.99. The van der Waals surface area contributed by atoms with E-state index in [0.29, 0.717) is 6.54 Å². The molecule has 0 saturated carbocycles. The summed E-state index contributed by atoms with van der Waals surface area (Å²) in [6, 6.07) is 17.0. The van der Waals surface area contributed by atoms with E-state index in [9.17, 15) is 9.59 Å². The normalized spacial score (nSPS) is 9.88. The summed E-state index contributed by atoms with van der Waals surface area (Å²) in [5.41, 5.74) is 2.65. The molecule has 6 heteroatoms. The number of hydrogen-bond donors (Lipinski definition) is 3. The molecule has 2 aromatic carbocycles. The van der Waals surface area contributed by atoms with Crippen molar-refractivity contribution in [3.8, 4) is 0 Å². The van der Waals surface area contributed by atoms with Crippen LogP contribution in [-0.2, 0) is 16.1 Å². The van der Waals surface area contributed by atoms with Crippen LogP contribution >= 0.6 is 12.4 Å². The van der Waals surface area contributed by atoms with Crippen LogP contribution in [0.1, 0.15) is 19.4 Å².